The van der Waals surface area contributed by atoms with Gasteiger partial charge in [-0.25, -0.2) is 12.7 Å². The second kappa shape index (κ2) is 5.47. The molecule has 0 aromatic carbocycles. The highest BCUT2D eigenvalue weighted by Crippen LogP contribution is 2.38. The quantitative estimate of drug-likeness (QED) is 0.797. The van der Waals surface area contributed by atoms with Gasteiger partial charge in [0, 0.05) is 13.1 Å². The van der Waals surface area contributed by atoms with Crippen LogP contribution >= 0.6 is 0 Å². The fourth-order valence-electron chi connectivity index (χ4n) is 2.44. The van der Waals surface area contributed by atoms with Crippen LogP contribution in [-0.4, -0.2) is 43.3 Å². The van der Waals surface area contributed by atoms with Crippen molar-refractivity contribution < 1.29 is 13.5 Å². The van der Waals surface area contributed by atoms with E-state index in [2.05, 4.69) is 13.8 Å². The molecule has 4 nitrogen and oxygen atoms in total. The molecule has 1 aliphatic rings. The highest BCUT2D eigenvalue weighted by molar-refractivity contribution is 7.89. The Morgan fingerprint density at radius 2 is 1.69 bits per heavy atom. The molecular formula is C11H23NO3S. The number of piperidine rings is 1. The summed E-state index contributed by atoms with van der Waals surface area (Å²) in [5, 5.41) is 8.72. The van der Waals surface area contributed by atoms with Crippen molar-refractivity contribution in [2.24, 2.45) is 5.41 Å². The zero-order valence-electron chi connectivity index (χ0n) is 10.3. The van der Waals surface area contributed by atoms with Gasteiger partial charge < -0.3 is 5.11 Å². The Morgan fingerprint density at radius 3 is 2.06 bits per heavy atom. The van der Waals surface area contributed by atoms with Crippen molar-refractivity contribution in [2.45, 2.75) is 39.5 Å². The molecule has 1 rings (SSSR count). The van der Waals surface area contributed by atoms with Crippen LogP contribution in [-0.2, 0) is 10.0 Å². The molecule has 0 unspecified atom stereocenters. The van der Waals surface area contributed by atoms with E-state index in [1.165, 1.54) is 4.31 Å². The summed E-state index contributed by atoms with van der Waals surface area (Å²) >= 11 is 0. The molecule has 1 fully saturated rings. The van der Waals surface area contributed by atoms with Gasteiger partial charge in [-0.2, -0.15) is 0 Å². The van der Waals surface area contributed by atoms with Crippen molar-refractivity contribution >= 4 is 10.0 Å². The molecule has 0 amide bonds. The van der Waals surface area contributed by atoms with Crippen molar-refractivity contribution in [3.63, 3.8) is 0 Å². The lowest BCUT2D eigenvalue weighted by Crippen LogP contribution is -2.44. The molecule has 0 aromatic rings. The Labute approximate surface area is 98.7 Å². The monoisotopic (exact) mass is 249 g/mol. The normalized spacial score (nSPS) is 22.2. The lowest BCUT2D eigenvalue weighted by atomic mass is 9.75. The number of rotatable bonds is 5. The number of hydrogen-bond acceptors (Lipinski definition) is 3. The molecule has 0 aliphatic carbocycles. The smallest absolute Gasteiger partial charge is 0.216 e. The molecule has 16 heavy (non-hydrogen) atoms. The van der Waals surface area contributed by atoms with Gasteiger partial charge in [-0.1, -0.05) is 26.7 Å². The van der Waals surface area contributed by atoms with E-state index in [0.29, 0.717) is 18.5 Å². The first-order chi connectivity index (χ1) is 7.49. The molecule has 96 valence electrons. The average Bonchev–Trinajstić information content (AvgIpc) is 2.29. The van der Waals surface area contributed by atoms with Crippen LogP contribution in [0.25, 0.3) is 0 Å². The summed E-state index contributed by atoms with van der Waals surface area (Å²) in [6.45, 7) is 5.31. The maximum atomic E-state index is 11.7. The Hall–Kier alpha value is -0.130. The number of aliphatic hydroxyl groups excluding tert-OH is 1. The molecule has 0 atom stereocenters. The van der Waals surface area contributed by atoms with Crippen molar-refractivity contribution in [2.75, 3.05) is 25.4 Å². The van der Waals surface area contributed by atoms with Crippen molar-refractivity contribution in [3.8, 4) is 0 Å². The number of hydrogen-bond donors (Lipinski definition) is 1. The number of aliphatic hydroxyl groups is 1. The second-order valence-electron chi connectivity index (χ2n) is 4.65. The van der Waals surface area contributed by atoms with Crippen LogP contribution in [0.4, 0.5) is 0 Å². The van der Waals surface area contributed by atoms with E-state index in [-0.39, 0.29) is 12.4 Å². The standard InChI is InChI=1S/C11H23NO3S/c1-3-11(4-2)5-7-12(8-6-11)16(14,15)10-9-13/h13H,3-10H2,1-2H3. The molecule has 0 spiro atoms. The van der Waals surface area contributed by atoms with Crippen molar-refractivity contribution in [1.29, 1.82) is 0 Å². The molecule has 0 saturated carbocycles. The van der Waals surface area contributed by atoms with Crippen LogP contribution < -0.4 is 0 Å². The summed E-state index contributed by atoms with van der Waals surface area (Å²) in [5.74, 6) is -0.141. The summed E-state index contributed by atoms with van der Waals surface area (Å²) < 4.78 is 25.0. The predicted octanol–water partition coefficient (Wildman–Crippen LogP) is 1.21. The maximum absolute atomic E-state index is 11.7. The number of nitrogens with zero attached hydrogens (tertiary/aromatic N) is 1. The largest absolute Gasteiger partial charge is 0.395 e. The van der Waals surface area contributed by atoms with E-state index >= 15 is 0 Å². The second-order valence-corrected chi connectivity index (χ2v) is 6.73. The van der Waals surface area contributed by atoms with Crippen LogP contribution in [0.2, 0.25) is 0 Å². The summed E-state index contributed by atoms with van der Waals surface area (Å²) in [6.07, 6.45) is 4.14. The third-order valence-corrected chi connectivity index (χ3v) is 5.88. The molecule has 5 heteroatoms. The summed E-state index contributed by atoms with van der Waals surface area (Å²) in [7, 11) is -3.22. The summed E-state index contributed by atoms with van der Waals surface area (Å²) in [5.41, 5.74) is 0.339. The van der Waals surface area contributed by atoms with Crippen LogP contribution in [0.1, 0.15) is 39.5 Å². The lowest BCUT2D eigenvalue weighted by Gasteiger charge is -2.40. The number of sulfonamides is 1. The van der Waals surface area contributed by atoms with E-state index in [9.17, 15) is 8.42 Å². The van der Waals surface area contributed by atoms with Crippen LogP contribution in [0.15, 0.2) is 0 Å². The minimum Gasteiger partial charge on any atom is -0.395 e. The van der Waals surface area contributed by atoms with Crippen molar-refractivity contribution in [3.05, 3.63) is 0 Å². The third-order valence-electron chi connectivity index (χ3n) is 4.03. The van der Waals surface area contributed by atoms with E-state index in [1.54, 1.807) is 0 Å². The Morgan fingerprint density at radius 1 is 1.19 bits per heavy atom. The fourth-order valence-corrected chi connectivity index (χ4v) is 3.67. The first-order valence-corrected chi connectivity index (χ1v) is 7.69. The van der Waals surface area contributed by atoms with E-state index in [0.717, 1.165) is 25.7 Å². The fraction of sp³-hybridized carbons (Fsp3) is 1.00. The van der Waals surface area contributed by atoms with Crippen LogP contribution in [0.3, 0.4) is 0 Å². The van der Waals surface area contributed by atoms with E-state index < -0.39 is 10.0 Å². The van der Waals surface area contributed by atoms with Gasteiger partial charge in [-0.3, -0.25) is 0 Å². The SMILES string of the molecule is CCC1(CC)CCN(S(=O)(=O)CCO)CC1. The predicted molar refractivity (Wildman–Crippen MR) is 64.7 cm³/mol. The third kappa shape index (κ3) is 2.96. The first-order valence-electron chi connectivity index (χ1n) is 6.08. The Balaban J connectivity index is 2.61. The average molecular weight is 249 g/mol. The molecule has 0 radical (unpaired) electrons. The van der Waals surface area contributed by atoms with Gasteiger partial charge in [0.2, 0.25) is 10.0 Å². The van der Waals surface area contributed by atoms with Gasteiger partial charge in [0.1, 0.15) is 0 Å². The minimum absolute atomic E-state index is 0.141. The van der Waals surface area contributed by atoms with E-state index in [1.807, 2.05) is 0 Å². The molecule has 0 aromatic heterocycles. The zero-order chi connectivity index (χ0) is 12.2. The summed E-state index contributed by atoms with van der Waals surface area (Å²) in [6, 6.07) is 0. The van der Waals surface area contributed by atoms with Gasteiger partial charge in [-0.05, 0) is 18.3 Å². The van der Waals surface area contributed by atoms with Gasteiger partial charge in [0.25, 0.3) is 0 Å². The Kier molecular flexibility index (Phi) is 4.76. The topological polar surface area (TPSA) is 57.6 Å². The van der Waals surface area contributed by atoms with Crippen molar-refractivity contribution in [1.82, 2.24) is 4.31 Å². The first kappa shape index (κ1) is 13.9. The van der Waals surface area contributed by atoms with Gasteiger partial charge in [-0.15, -0.1) is 0 Å². The van der Waals surface area contributed by atoms with E-state index in [4.69, 9.17) is 5.11 Å². The Bertz CT molecular complexity index is 299. The molecule has 1 N–H and O–H groups in total. The molecule has 1 aliphatic heterocycles. The molecule has 1 heterocycles. The highest BCUT2D eigenvalue weighted by atomic mass is 32.2. The lowest BCUT2D eigenvalue weighted by molar-refractivity contribution is 0.141. The summed E-state index contributed by atoms with van der Waals surface area (Å²) in [4.78, 5) is 0. The van der Waals surface area contributed by atoms with Gasteiger partial charge in [0.15, 0.2) is 0 Å². The molecule has 0 bridgehead atoms. The van der Waals surface area contributed by atoms with Gasteiger partial charge in [0.05, 0.1) is 12.4 Å². The van der Waals surface area contributed by atoms with Gasteiger partial charge >= 0.3 is 0 Å². The van der Waals surface area contributed by atoms with Crippen LogP contribution in [0.5, 0.6) is 0 Å². The van der Waals surface area contributed by atoms with Crippen LogP contribution in [0, 0.1) is 5.41 Å². The zero-order valence-corrected chi connectivity index (χ0v) is 11.1. The maximum Gasteiger partial charge on any atom is 0.216 e. The molecular weight excluding hydrogens is 226 g/mol. The molecule has 1 saturated heterocycles. The highest BCUT2D eigenvalue weighted by Gasteiger charge is 2.35. The minimum atomic E-state index is -3.22.